The fourth-order valence-electron chi connectivity index (χ4n) is 3.30. The molecule has 0 fully saturated rings. The molecule has 0 amide bonds. The molecular weight excluding hydrogens is 410 g/mol. The van der Waals surface area contributed by atoms with Crippen molar-refractivity contribution in [1.82, 2.24) is 18.7 Å². The van der Waals surface area contributed by atoms with Crippen LogP contribution in [0.5, 0.6) is 5.75 Å². The molecule has 0 saturated heterocycles. The molecule has 0 aliphatic carbocycles. The van der Waals surface area contributed by atoms with Gasteiger partial charge in [-0.1, -0.05) is 0 Å². The number of nitrogens with zero attached hydrogens (tertiary/aromatic N) is 4. The van der Waals surface area contributed by atoms with E-state index in [1.54, 1.807) is 31.5 Å². The van der Waals surface area contributed by atoms with Gasteiger partial charge in [-0.3, -0.25) is 13.9 Å². The summed E-state index contributed by atoms with van der Waals surface area (Å²) in [7, 11) is -0.837. The molecule has 1 aromatic carbocycles. The Kier molecular flexibility index (Phi) is 5.68. The minimum absolute atomic E-state index is 0.0721. The topological polar surface area (TPSA) is 131 Å². The summed E-state index contributed by atoms with van der Waals surface area (Å²) in [6, 6.07) is 4.39. The second-order valence-electron chi connectivity index (χ2n) is 6.56. The molecule has 0 unspecified atom stereocenters. The monoisotopic (exact) mass is 433 g/mol. The van der Waals surface area contributed by atoms with Crippen LogP contribution in [-0.2, 0) is 30.2 Å². The molecule has 3 aromatic rings. The number of methoxy groups -OCH3 is 1. The van der Waals surface area contributed by atoms with Crippen molar-refractivity contribution < 1.29 is 13.2 Å². The number of hydrogen-bond donors (Lipinski definition) is 1. The molecule has 30 heavy (non-hydrogen) atoms. The number of benzene rings is 1. The first kappa shape index (κ1) is 21.5. The van der Waals surface area contributed by atoms with Gasteiger partial charge in [0.25, 0.3) is 5.56 Å². The minimum atomic E-state index is -3.96. The number of primary sulfonamides is 1. The number of imidazole rings is 1. The van der Waals surface area contributed by atoms with Crippen LogP contribution in [0, 0.1) is 0 Å². The standard InChI is InChI=1S/C19H23N5O5S/c1-5-23-17-16(18(25)24(6-2)19(23)26)22(3)15(21-17)10-7-12-11-13(29-4)8-9-14(12)30(20,27)28/h7-11H,5-6H2,1-4H3,(H2,20,27,28)/b10-7+. The highest BCUT2D eigenvalue weighted by Gasteiger charge is 2.18. The Bertz CT molecular complexity index is 1380. The van der Waals surface area contributed by atoms with Crippen molar-refractivity contribution in [3.05, 3.63) is 50.4 Å². The van der Waals surface area contributed by atoms with Gasteiger partial charge in [-0.15, -0.1) is 0 Å². The largest absolute Gasteiger partial charge is 0.497 e. The molecule has 10 nitrogen and oxygen atoms in total. The summed E-state index contributed by atoms with van der Waals surface area (Å²) in [5, 5.41) is 5.31. The maximum absolute atomic E-state index is 12.8. The van der Waals surface area contributed by atoms with Crippen LogP contribution < -0.4 is 21.1 Å². The van der Waals surface area contributed by atoms with Crippen molar-refractivity contribution in [2.75, 3.05) is 7.11 Å². The summed E-state index contributed by atoms with van der Waals surface area (Å²) in [5.41, 5.74) is 0.0218. The van der Waals surface area contributed by atoms with Crippen LogP contribution in [0.1, 0.15) is 25.2 Å². The molecule has 0 spiro atoms. The van der Waals surface area contributed by atoms with Gasteiger partial charge in [-0.25, -0.2) is 23.3 Å². The molecule has 2 aromatic heterocycles. The van der Waals surface area contributed by atoms with Crippen LogP contribution >= 0.6 is 0 Å². The quantitative estimate of drug-likeness (QED) is 0.611. The third-order valence-corrected chi connectivity index (χ3v) is 5.83. The normalized spacial score (nSPS) is 12.2. The number of nitrogens with two attached hydrogens (primary N) is 1. The molecule has 2 N–H and O–H groups in total. The highest BCUT2D eigenvalue weighted by atomic mass is 32.2. The number of aromatic nitrogens is 4. The predicted molar refractivity (Wildman–Crippen MR) is 114 cm³/mol. The van der Waals surface area contributed by atoms with E-state index in [9.17, 15) is 18.0 Å². The van der Waals surface area contributed by atoms with Crippen molar-refractivity contribution in [1.29, 1.82) is 0 Å². The average Bonchev–Trinajstić information content (AvgIpc) is 3.02. The van der Waals surface area contributed by atoms with Gasteiger partial charge >= 0.3 is 5.69 Å². The smallest absolute Gasteiger partial charge is 0.332 e. The second kappa shape index (κ2) is 7.92. The lowest BCUT2D eigenvalue weighted by atomic mass is 10.2. The number of rotatable bonds is 6. The van der Waals surface area contributed by atoms with Crippen LogP contribution in [0.3, 0.4) is 0 Å². The van der Waals surface area contributed by atoms with Crippen LogP contribution in [-0.4, -0.2) is 34.2 Å². The number of fused-ring (bicyclic) bond motifs is 1. The zero-order chi connectivity index (χ0) is 22.2. The van der Waals surface area contributed by atoms with Gasteiger partial charge < -0.3 is 9.30 Å². The first-order valence-corrected chi connectivity index (χ1v) is 10.8. The van der Waals surface area contributed by atoms with Crippen molar-refractivity contribution >= 4 is 33.3 Å². The van der Waals surface area contributed by atoms with Crippen LogP contribution in [0.15, 0.2) is 32.7 Å². The highest BCUT2D eigenvalue weighted by molar-refractivity contribution is 7.89. The Morgan fingerprint density at radius 1 is 1.13 bits per heavy atom. The van der Waals surface area contributed by atoms with E-state index in [1.165, 1.54) is 36.0 Å². The third-order valence-electron chi connectivity index (χ3n) is 4.84. The Hall–Kier alpha value is -3.18. The minimum Gasteiger partial charge on any atom is -0.497 e. The van der Waals surface area contributed by atoms with Crippen molar-refractivity contribution in [3.63, 3.8) is 0 Å². The summed E-state index contributed by atoms with van der Waals surface area (Å²) in [6.07, 6.45) is 3.08. The maximum atomic E-state index is 12.8. The number of aryl methyl sites for hydroxylation is 2. The van der Waals surface area contributed by atoms with Crippen LogP contribution in [0.25, 0.3) is 23.3 Å². The molecule has 0 atom stereocenters. The summed E-state index contributed by atoms with van der Waals surface area (Å²) in [5.74, 6) is 0.832. The SMILES string of the molecule is CCn1c(=O)c2c(nc(/C=C/c3cc(OC)ccc3S(N)(=O)=O)n2C)n(CC)c1=O. The Balaban J connectivity index is 2.25. The van der Waals surface area contributed by atoms with Crippen molar-refractivity contribution in [2.24, 2.45) is 12.2 Å². The first-order chi connectivity index (χ1) is 14.1. The Labute approximate surface area is 172 Å². The van der Waals surface area contributed by atoms with E-state index in [1.807, 2.05) is 0 Å². The fraction of sp³-hybridized carbons (Fsp3) is 0.316. The van der Waals surface area contributed by atoms with E-state index in [2.05, 4.69) is 4.98 Å². The molecule has 11 heteroatoms. The predicted octanol–water partition coefficient (Wildman–Crippen LogP) is 0.763. The van der Waals surface area contributed by atoms with Gasteiger partial charge in [0.2, 0.25) is 10.0 Å². The van der Waals surface area contributed by atoms with Gasteiger partial charge in [-0.2, -0.15) is 0 Å². The van der Waals surface area contributed by atoms with E-state index in [4.69, 9.17) is 9.88 Å². The van der Waals surface area contributed by atoms with E-state index in [0.29, 0.717) is 23.7 Å². The molecule has 0 radical (unpaired) electrons. The van der Waals surface area contributed by atoms with E-state index in [0.717, 1.165) is 4.57 Å². The lowest BCUT2D eigenvalue weighted by Gasteiger charge is -2.08. The molecule has 0 saturated carbocycles. The molecule has 2 heterocycles. The van der Waals surface area contributed by atoms with Crippen LogP contribution in [0.4, 0.5) is 0 Å². The van der Waals surface area contributed by atoms with E-state index < -0.39 is 21.3 Å². The van der Waals surface area contributed by atoms with Gasteiger partial charge in [-0.05, 0) is 49.8 Å². The third kappa shape index (κ3) is 3.57. The Morgan fingerprint density at radius 2 is 1.80 bits per heavy atom. The number of hydrogen-bond acceptors (Lipinski definition) is 6. The molecule has 160 valence electrons. The zero-order valence-corrected chi connectivity index (χ0v) is 17.9. The van der Waals surface area contributed by atoms with E-state index >= 15 is 0 Å². The molecule has 0 aliphatic heterocycles. The molecule has 0 bridgehead atoms. The van der Waals surface area contributed by atoms with Gasteiger partial charge in [0.1, 0.15) is 11.6 Å². The Morgan fingerprint density at radius 3 is 2.37 bits per heavy atom. The van der Waals surface area contributed by atoms with Gasteiger partial charge in [0.05, 0.1) is 12.0 Å². The zero-order valence-electron chi connectivity index (χ0n) is 17.1. The maximum Gasteiger partial charge on any atom is 0.332 e. The lowest BCUT2D eigenvalue weighted by molar-refractivity contribution is 0.414. The summed E-state index contributed by atoms with van der Waals surface area (Å²) >= 11 is 0. The number of ether oxygens (including phenoxy) is 1. The summed E-state index contributed by atoms with van der Waals surface area (Å²) in [4.78, 5) is 29.7. The van der Waals surface area contributed by atoms with Gasteiger partial charge in [0, 0.05) is 20.1 Å². The summed E-state index contributed by atoms with van der Waals surface area (Å²) in [6.45, 7) is 4.11. The first-order valence-electron chi connectivity index (χ1n) is 9.23. The van der Waals surface area contributed by atoms with Gasteiger partial charge in [0.15, 0.2) is 11.2 Å². The molecular formula is C19H23N5O5S. The average molecular weight is 433 g/mol. The number of sulfonamides is 1. The van der Waals surface area contributed by atoms with Crippen molar-refractivity contribution in [2.45, 2.75) is 31.8 Å². The second-order valence-corrected chi connectivity index (χ2v) is 8.09. The molecule has 3 rings (SSSR count). The van der Waals surface area contributed by atoms with Crippen molar-refractivity contribution in [3.8, 4) is 5.75 Å². The van der Waals surface area contributed by atoms with Crippen LogP contribution in [0.2, 0.25) is 0 Å². The summed E-state index contributed by atoms with van der Waals surface area (Å²) < 4.78 is 33.1. The highest BCUT2D eigenvalue weighted by Crippen LogP contribution is 2.23. The molecule has 0 aliphatic rings. The van der Waals surface area contributed by atoms with E-state index in [-0.39, 0.29) is 22.6 Å². The fourth-order valence-corrected chi connectivity index (χ4v) is 4.01. The lowest BCUT2D eigenvalue weighted by Crippen LogP contribution is -2.39.